The van der Waals surface area contributed by atoms with E-state index >= 15 is 0 Å². The number of nitrogens with zero attached hydrogens (tertiary/aromatic N) is 2. The Morgan fingerprint density at radius 3 is 1.50 bits per heavy atom. The zero-order valence-corrected chi connectivity index (χ0v) is 16.7. The van der Waals surface area contributed by atoms with Crippen LogP contribution in [0.5, 0.6) is 11.5 Å². The molecule has 0 spiro atoms. The van der Waals surface area contributed by atoms with Crippen LogP contribution in [-0.4, -0.2) is 30.0 Å². The number of rotatable bonds is 6. The van der Waals surface area contributed by atoms with Crippen LogP contribution in [0.15, 0.2) is 85.2 Å². The maximum Gasteiger partial charge on any atom is 0.197 e. The van der Waals surface area contributed by atoms with Gasteiger partial charge in [-0.2, -0.15) is 0 Å². The second-order valence-electron chi connectivity index (χ2n) is 6.53. The highest BCUT2D eigenvalue weighted by atomic mass is 16.5. The van der Waals surface area contributed by atoms with Gasteiger partial charge in [0.1, 0.15) is 11.5 Å². The van der Waals surface area contributed by atoms with E-state index in [4.69, 9.17) is 9.47 Å². The van der Waals surface area contributed by atoms with Crippen LogP contribution < -0.4 is 9.47 Å². The Hall–Kier alpha value is -3.99. The number of ether oxygens (including phenoxy) is 2. The molecule has 0 bridgehead atoms. The number of carbonyl (C=O) groups excluding carboxylic acids is 1. The van der Waals surface area contributed by atoms with E-state index in [0.717, 1.165) is 11.1 Å². The maximum atomic E-state index is 13.7. The number of carbonyl (C=O) groups is 1. The molecule has 148 valence electrons. The number of benzene rings is 2. The Morgan fingerprint density at radius 1 is 0.633 bits per heavy atom. The molecule has 5 nitrogen and oxygen atoms in total. The number of methoxy groups -OCH3 is 2. The van der Waals surface area contributed by atoms with Crippen molar-refractivity contribution in [1.29, 1.82) is 0 Å². The van der Waals surface area contributed by atoms with Crippen molar-refractivity contribution < 1.29 is 14.3 Å². The summed E-state index contributed by atoms with van der Waals surface area (Å²) in [6.45, 7) is 0. The summed E-state index contributed by atoms with van der Waals surface area (Å²) in [4.78, 5) is 22.7. The Bertz CT molecular complexity index is 1110. The highest BCUT2D eigenvalue weighted by molar-refractivity contribution is 6.15. The molecule has 0 saturated carbocycles. The second kappa shape index (κ2) is 8.57. The van der Waals surface area contributed by atoms with Crippen LogP contribution in [0.1, 0.15) is 15.9 Å². The van der Waals surface area contributed by atoms with E-state index < -0.39 is 0 Å². The molecule has 2 heterocycles. The summed E-state index contributed by atoms with van der Waals surface area (Å²) in [6, 6.07) is 22.1. The molecular formula is C25H20N2O3. The molecule has 5 heteroatoms. The number of aromatic nitrogens is 2. The van der Waals surface area contributed by atoms with Crippen molar-refractivity contribution in [1.82, 2.24) is 9.97 Å². The predicted octanol–water partition coefficient (Wildman–Crippen LogP) is 5.06. The van der Waals surface area contributed by atoms with Crippen LogP contribution in [0.2, 0.25) is 0 Å². The van der Waals surface area contributed by atoms with Gasteiger partial charge in [-0.15, -0.1) is 0 Å². The first kappa shape index (κ1) is 19.3. The summed E-state index contributed by atoms with van der Waals surface area (Å²) in [7, 11) is 3.20. The van der Waals surface area contributed by atoms with Crippen LogP contribution in [0.4, 0.5) is 0 Å². The summed E-state index contributed by atoms with van der Waals surface area (Å²) in [5.74, 6) is 1.14. The van der Waals surface area contributed by atoms with E-state index in [1.165, 1.54) is 0 Å². The fraction of sp³-hybridized carbons (Fsp3) is 0.0800. The lowest BCUT2D eigenvalue weighted by atomic mass is 9.94. The lowest BCUT2D eigenvalue weighted by Gasteiger charge is -2.14. The Kier molecular flexibility index (Phi) is 5.52. The van der Waals surface area contributed by atoms with Gasteiger partial charge in [0.25, 0.3) is 0 Å². The van der Waals surface area contributed by atoms with Crippen LogP contribution >= 0.6 is 0 Å². The fourth-order valence-corrected chi connectivity index (χ4v) is 3.43. The van der Waals surface area contributed by atoms with E-state index in [2.05, 4.69) is 9.97 Å². The Balaban J connectivity index is 1.87. The molecular weight excluding hydrogens is 376 g/mol. The highest BCUT2D eigenvalue weighted by Gasteiger charge is 2.22. The van der Waals surface area contributed by atoms with E-state index in [1.807, 2.05) is 48.5 Å². The van der Waals surface area contributed by atoms with Gasteiger partial charge >= 0.3 is 0 Å². The molecule has 0 N–H and O–H groups in total. The Labute approximate surface area is 175 Å². The first-order chi connectivity index (χ1) is 14.7. The smallest absolute Gasteiger partial charge is 0.197 e. The number of hydrogen-bond donors (Lipinski definition) is 0. The molecule has 2 aromatic carbocycles. The standard InChI is InChI=1S/C25H20N2O3/c1-29-21-13-5-3-9-17(21)23-19(11-7-15-26-23)25(28)20-12-8-16-27-24(20)18-10-4-6-14-22(18)30-2/h3-16H,1-2H3. The van der Waals surface area contributed by atoms with Gasteiger partial charge in [-0.3, -0.25) is 14.8 Å². The normalized spacial score (nSPS) is 10.5. The lowest BCUT2D eigenvalue weighted by Crippen LogP contribution is -2.08. The largest absolute Gasteiger partial charge is 0.496 e. The zero-order valence-electron chi connectivity index (χ0n) is 16.7. The van der Waals surface area contributed by atoms with Crippen molar-refractivity contribution in [3.05, 3.63) is 96.3 Å². The predicted molar refractivity (Wildman–Crippen MR) is 116 cm³/mol. The number of pyridine rings is 2. The number of ketones is 1. The van der Waals surface area contributed by atoms with Gasteiger partial charge in [-0.05, 0) is 48.5 Å². The summed E-state index contributed by atoms with van der Waals surface area (Å²) in [6.07, 6.45) is 3.34. The molecule has 0 amide bonds. The molecule has 2 aromatic heterocycles. The minimum atomic E-state index is -0.169. The number of para-hydroxylation sites is 2. The minimum Gasteiger partial charge on any atom is -0.496 e. The molecule has 0 radical (unpaired) electrons. The van der Waals surface area contributed by atoms with E-state index in [1.54, 1.807) is 50.9 Å². The van der Waals surface area contributed by atoms with Crippen LogP contribution in [0.25, 0.3) is 22.5 Å². The molecule has 0 aliphatic carbocycles. The topological polar surface area (TPSA) is 61.3 Å². The summed E-state index contributed by atoms with van der Waals surface area (Å²) < 4.78 is 11.0. The Morgan fingerprint density at radius 2 is 1.07 bits per heavy atom. The maximum absolute atomic E-state index is 13.7. The SMILES string of the molecule is COc1ccccc1-c1ncccc1C(=O)c1cccnc1-c1ccccc1OC. The van der Waals surface area contributed by atoms with Gasteiger partial charge in [0.2, 0.25) is 0 Å². The molecule has 0 aliphatic rings. The van der Waals surface area contributed by atoms with Gasteiger partial charge in [-0.25, -0.2) is 0 Å². The van der Waals surface area contributed by atoms with Crippen molar-refractivity contribution >= 4 is 5.78 Å². The summed E-state index contributed by atoms with van der Waals surface area (Å²) in [5, 5.41) is 0. The zero-order chi connectivity index (χ0) is 20.9. The third kappa shape index (κ3) is 3.53. The average molecular weight is 396 g/mol. The average Bonchev–Trinajstić information content (AvgIpc) is 2.83. The molecule has 0 unspecified atom stereocenters. The van der Waals surface area contributed by atoms with Gasteiger partial charge < -0.3 is 9.47 Å². The summed E-state index contributed by atoms with van der Waals surface area (Å²) >= 11 is 0. The third-order valence-electron chi connectivity index (χ3n) is 4.83. The third-order valence-corrected chi connectivity index (χ3v) is 4.83. The lowest BCUT2D eigenvalue weighted by molar-refractivity contribution is 0.103. The van der Waals surface area contributed by atoms with Gasteiger partial charge in [-0.1, -0.05) is 24.3 Å². The number of hydrogen-bond acceptors (Lipinski definition) is 5. The molecule has 0 saturated heterocycles. The van der Waals surface area contributed by atoms with Crippen LogP contribution in [-0.2, 0) is 0 Å². The quantitative estimate of drug-likeness (QED) is 0.426. The summed E-state index contributed by atoms with van der Waals surface area (Å²) in [5.41, 5.74) is 3.60. The molecule has 0 aliphatic heterocycles. The van der Waals surface area contributed by atoms with Crippen molar-refractivity contribution in [3.63, 3.8) is 0 Å². The van der Waals surface area contributed by atoms with Gasteiger partial charge in [0, 0.05) is 34.6 Å². The molecule has 4 rings (SSSR count). The molecule has 30 heavy (non-hydrogen) atoms. The highest BCUT2D eigenvalue weighted by Crippen LogP contribution is 2.34. The molecule has 0 fully saturated rings. The van der Waals surface area contributed by atoms with Crippen LogP contribution in [0.3, 0.4) is 0 Å². The van der Waals surface area contributed by atoms with Crippen molar-refractivity contribution in [2.75, 3.05) is 14.2 Å². The first-order valence-corrected chi connectivity index (χ1v) is 9.46. The van der Waals surface area contributed by atoms with Crippen molar-refractivity contribution in [2.24, 2.45) is 0 Å². The second-order valence-corrected chi connectivity index (χ2v) is 6.53. The monoisotopic (exact) mass is 396 g/mol. The molecule has 0 atom stereocenters. The van der Waals surface area contributed by atoms with E-state index in [0.29, 0.717) is 34.0 Å². The van der Waals surface area contributed by atoms with Crippen molar-refractivity contribution in [3.8, 4) is 34.0 Å². The van der Waals surface area contributed by atoms with Crippen molar-refractivity contribution in [2.45, 2.75) is 0 Å². The van der Waals surface area contributed by atoms with Crippen LogP contribution in [0, 0.1) is 0 Å². The van der Waals surface area contributed by atoms with Gasteiger partial charge in [0.15, 0.2) is 5.78 Å². The minimum absolute atomic E-state index is 0.169. The van der Waals surface area contributed by atoms with Gasteiger partial charge in [0.05, 0.1) is 25.6 Å². The molecule has 4 aromatic rings. The van der Waals surface area contributed by atoms with E-state index in [-0.39, 0.29) is 5.78 Å². The first-order valence-electron chi connectivity index (χ1n) is 9.46. The van der Waals surface area contributed by atoms with E-state index in [9.17, 15) is 4.79 Å². The fourth-order valence-electron chi connectivity index (χ4n) is 3.43.